The number of hydrogen-bond donors (Lipinski definition) is 4. The molecular formula is C7H13N5. The predicted molar refractivity (Wildman–Crippen MR) is 51.3 cm³/mol. The van der Waals surface area contributed by atoms with Crippen molar-refractivity contribution in [3.63, 3.8) is 0 Å². The maximum Gasteiger partial charge on any atom is 0.149 e. The van der Waals surface area contributed by atoms with Gasteiger partial charge in [0.2, 0.25) is 0 Å². The van der Waals surface area contributed by atoms with Gasteiger partial charge in [-0.05, 0) is 6.42 Å². The van der Waals surface area contributed by atoms with Crippen molar-refractivity contribution in [2.45, 2.75) is 13.3 Å². The maximum absolute atomic E-state index is 5.64. The molecular weight excluding hydrogens is 154 g/mol. The zero-order valence-electron chi connectivity index (χ0n) is 6.96. The van der Waals surface area contributed by atoms with Gasteiger partial charge in [0.25, 0.3) is 0 Å². The Morgan fingerprint density at radius 3 is 1.75 bits per heavy atom. The van der Waals surface area contributed by atoms with Gasteiger partial charge in [0.1, 0.15) is 11.6 Å². The van der Waals surface area contributed by atoms with E-state index in [1.165, 1.54) is 0 Å². The fourth-order valence-corrected chi connectivity index (χ4v) is 1.09. The molecule has 1 rings (SSSR count). The van der Waals surface area contributed by atoms with Crippen LogP contribution in [0.4, 0.5) is 23.0 Å². The summed E-state index contributed by atoms with van der Waals surface area (Å²) in [5.41, 5.74) is 23.9. The van der Waals surface area contributed by atoms with E-state index in [4.69, 9.17) is 22.9 Å². The molecule has 0 saturated heterocycles. The molecule has 0 atom stereocenters. The van der Waals surface area contributed by atoms with Crippen LogP contribution in [0.3, 0.4) is 0 Å². The van der Waals surface area contributed by atoms with Crippen LogP contribution in [-0.2, 0) is 6.42 Å². The molecule has 0 aliphatic carbocycles. The number of nitrogens with zero attached hydrogens (tertiary/aromatic N) is 1. The first kappa shape index (κ1) is 8.45. The van der Waals surface area contributed by atoms with Crippen LogP contribution in [-0.4, -0.2) is 4.98 Å². The molecule has 0 radical (unpaired) electrons. The summed E-state index contributed by atoms with van der Waals surface area (Å²) in [7, 11) is 0. The summed E-state index contributed by atoms with van der Waals surface area (Å²) in [5.74, 6) is 0.497. The van der Waals surface area contributed by atoms with Gasteiger partial charge in [-0.1, -0.05) is 6.92 Å². The normalized spacial score (nSPS) is 10.1. The number of anilines is 4. The first-order valence-corrected chi connectivity index (χ1v) is 3.66. The van der Waals surface area contributed by atoms with Crippen molar-refractivity contribution < 1.29 is 0 Å². The average molecular weight is 167 g/mol. The molecule has 5 heteroatoms. The molecule has 0 saturated carbocycles. The molecule has 1 aromatic heterocycles. The highest BCUT2D eigenvalue weighted by molar-refractivity contribution is 5.78. The Balaban J connectivity index is 3.42. The quantitative estimate of drug-likeness (QED) is 0.468. The third kappa shape index (κ3) is 1.09. The Hall–Kier alpha value is -1.65. The Morgan fingerprint density at radius 2 is 1.42 bits per heavy atom. The molecule has 0 amide bonds. The number of pyridine rings is 1. The van der Waals surface area contributed by atoms with Gasteiger partial charge in [-0.25, -0.2) is 4.98 Å². The highest BCUT2D eigenvalue weighted by atomic mass is 15.0. The smallest absolute Gasteiger partial charge is 0.149 e. The van der Waals surface area contributed by atoms with Crippen LogP contribution in [0.5, 0.6) is 0 Å². The van der Waals surface area contributed by atoms with E-state index in [0.29, 0.717) is 17.8 Å². The van der Waals surface area contributed by atoms with Gasteiger partial charge in [0.05, 0.1) is 11.4 Å². The van der Waals surface area contributed by atoms with Gasteiger partial charge < -0.3 is 22.9 Å². The van der Waals surface area contributed by atoms with E-state index in [0.717, 1.165) is 5.56 Å². The van der Waals surface area contributed by atoms with Crippen LogP contribution in [0.15, 0.2) is 0 Å². The Bertz CT molecular complexity index is 281. The summed E-state index contributed by atoms with van der Waals surface area (Å²) >= 11 is 0. The third-order valence-electron chi connectivity index (χ3n) is 1.80. The molecule has 0 bridgehead atoms. The number of nitrogen functional groups attached to an aromatic ring is 4. The van der Waals surface area contributed by atoms with Crippen molar-refractivity contribution in [3.8, 4) is 0 Å². The van der Waals surface area contributed by atoms with Crippen molar-refractivity contribution in [1.29, 1.82) is 0 Å². The van der Waals surface area contributed by atoms with Crippen molar-refractivity contribution in [2.24, 2.45) is 0 Å². The molecule has 0 unspecified atom stereocenters. The van der Waals surface area contributed by atoms with Gasteiger partial charge in [-0.3, -0.25) is 0 Å². The van der Waals surface area contributed by atoms with E-state index in [1.807, 2.05) is 6.92 Å². The molecule has 0 aliphatic rings. The largest absolute Gasteiger partial charge is 0.395 e. The molecule has 0 aliphatic heterocycles. The van der Waals surface area contributed by atoms with Crippen LogP contribution >= 0.6 is 0 Å². The van der Waals surface area contributed by atoms with Gasteiger partial charge in [0, 0.05) is 5.56 Å². The first-order valence-electron chi connectivity index (χ1n) is 3.66. The minimum absolute atomic E-state index is 0.249. The number of rotatable bonds is 1. The summed E-state index contributed by atoms with van der Waals surface area (Å²) in [6.07, 6.45) is 0.703. The van der Waals surface area contributed by atoms with E-state index in [9.17, 15) is 0 Å². The van der Waals surface area contributed by atoms with Crippen LogP contribution in [0, 0.1) is 0 Å². The lowest BCUT2D eigenvalue weighted by molar-refractivity contribution is 1.14. The summed E-state index contributed by atoms with van der Waals surface area (Å²) in [5, 5.41) is 0. The van der Waals surface area contributed by atoms with Crippen molar-refractivity contribution in [3.05, 3.63) is 5.56 Å². The molecule has 0 fully saturated rings. The lowest BCUT2D eigenvalue weighted by Crippen LogP contribution is -2.09. The minimum atomic E-state index is 0.249. The highest BCUT2D eigenvalue weighted by Gasteiger charge is 2.09. The van der Waals surface area contributed by atoms with Gasteiger partial charge in [-0.15, -0.1) is 0 Å². The van der Waals surface area contributed by atoms with Crippen LogP contribution in [0.2, 0.25) is 0 Å². The molecule has 66 valence electrons. The zero-order valence-corrected chi connectivity index (χ0v) is 6.96. The second kappa shape index (κ2) is 2.77. The van der Waals surface area contributed by atoms with E-state index in [2.05, 4.69) is 4.98 Å². The van der Waals surface area contributed by atoms with Crippen molar-refractivity contribution in [1.82, 2.24) is 4.98 Å². The molecule has 8 N–H and O–H groups in total. The van der Waals surface area contributed by atoms with Crippen LogP contribution in [0.25, 0.3) is 0 Å². The molecule has 12 heavy (non-hydrogen) atoms. The maximum atomic E-state index is 5.64. The fraction of sp³-hybridized carbons (Fsp3) is 0.286. The molecule has 0 aromatic carbocycles. The average Bonchev–Trinajstić information content (AvgIpc) is 2.02. The fourth-order valence-electron chi connectivity index (χ4n) is 1.09. The monoisotopic (exact) mass is 167 g/mol. The second-order valence-corrected chi connectivity index (χ2v) is 2.54. The lowest BCUT2D eigenvalue weighted by atomic mass is 10.1. The second-order valence-electron chi connectivity index (χ2n) is 2.54. The van der Waals surface area contributed by atoms with E-state index in [-0.39, 0.29) is 11.6 Å². The van der Waals surface area contributed by atoms with E-state index in [1.54, 1.807) is 0 Å². The van der Waals surface area contributed by atoms with Crippen LogP contribution in [0.1, 0.15) is 12.5 Å². The third-order valence-corrected chi connectivity index (χ3v) is 1.80. The van der Waals surface area contributed by atoms with Gasteiger partial charge >= 0.3 is 0 Å². The van der Waals surface area contributed by atoms with Crippen molar-refractivity contribution in [2.75, 3.05) is 22.9 Å². The standard InChI is InChI=1S/C7H13N5/c1-2-3-4(8)6(10)12-7(11)5(3)9/h2,8-9H2,1H3,(H4,10,11,12). The Labute approximate surface area is 70.7 Å². The summed E-state index contributed by atoms with van der Waals surface area (Å²) in [6.45, 7) is 1.93. The number of nitrogens with two attached hydrogens (primary N) is 4. The Kier molecular flexibility index (Phi) is 1.95. The molecule has 1 heterocycles. The molecule has 5 nitrogen and oxygen atoms in total. The highest BCUT2D eigenvalue weighted by Crippen LogP contribution is 2.28. The summed E-state index contributed by atoms with van der Waals surface area (Å²) < 4.78 is 0. The van der Waals surface area contributed by atoms with Gasteiger partial charge in [-0.2, -0.15) is 0 Å². The molecule has 1 aromatic rings. The Morgan fingerprint density at radius 1 is 1.00 bits per heavy atom. The summed E-state index contributed by atoms with van der Waals surface area (Å²) in [6, 6.07) is 0. The summed E-state index contributed by atoms with van der Waals surface area (Å²) in [4.78, 5) is 3.79. The number of hydrogen-bond acceptors (Lipinski definition) is 5. The zero-order chi connectivity index (χ0) is 9.30. The number of aromatic nitrogens is 1. The predicted octanol–water partition coefficient (Wildman–Crippen LogP) is -0.0272. The minimum Gasteiger partial charge on any atom is -0.395 e. The first-order chi connectivity index (χ1) is 5.57. The SMILES string of the molecule is CCc1c(N)c(N)nc(N)c1N. The topological polar surface area (TPSA) is 117 Å². The lowest BCUT2D eigenvalue weighted by Gasteiger charge is -2.10. The van der Waals surface area contributed by atoms with Gasteiger partial charge in [0.15, 0.2) is 0 Å². The van der Waals surface area contributed by atoms with E-state index >= 15 is 0 Å². The van der Waals surface area contributed by atoms with Crippen molar-refractivity contribution >= 4 is 23.0 Å². The van der Waals surface area contributed by atoms with Crippen LogP contribution < -0.4 is 22.9 Å². The van der Waals surface area contributed by atoms with E-state index < -0.39 is 0 Å². The molecule has 0 spiro atoms.